The monoisotopic (exact) mass is 398 g/mol. The zero-order valence-corrected chi connectivity index (χ0v) is 13.3. The van der Waals surface area contributed by atoms with Crippen molar-refractivity contribution in [1.29, 1.82) is 0 Å². The summed E-state index contributed by atoms with van der Waals surface area (Å²) in [6.07, 6.45) is 0.424. The molecule has 0 aliphatic heterocycles. The van der Waals surface area contributed by atoms with Crippen molar-refractivity contribution < 1.29 is 22.4 Å². The summed E-state index contributed by atoms with van der Waals surface area (Å²) < 4.78 is 54.9. The maximum Gasteiger partial charge on any atom is 0.155 e. The number of nitrogens with zero attached hydrogens (tertiary/aromatic N) is 2. The Morgan fingerprint density at radius 2 is 1.62 bits per heavy atom. The van der Waals surface area contributed by atoms with Gasteiger partial charge in [-0.25, -0.2) is 22.2 Å². The van der Waals surface area contributed by atoms with E-state index in [4.69, 9.17) is 0 Å². The van der Waals surface area contributed by atoms with Gasteiger partial charge in [-0.15, -0.1) is 0 Å². The third kappa shape index (κ3) is 2.84. The van der Waals surface area contributed by atoms with Crippen LogP contribution in [0.15, 0.2) is 41.0 Å². The fourth-order valence-electron chi connectivity index (χ4n) is 2.23. The zero-order valence-electron chi connectivity index (χ0n) is 11.7. The molecule has 1 heterocycles. The Morgan fingerprint density at radius 1 is 0.958 bits per heavy atom. The van der Waals surface area contributed by atoms with E-state index in [0.29, 0.717) is 18.4 Å². The highest BCUT2D eigenvalue weighted by Crippen LogP contribution is 2.31. The van der Waals surface area contributed by atoms with E-state index < -0.39 is 23.3 Å². The van der Waals surface area contributed by atoms with Crippen LogP contribution in [0.1, 0.15) is 10.4 Å². The van der Waals surface area contributed by atoms with Crippen LogP contribution in [0.5, 0.6) is 0 Å². The van der Waals surface area contributed by atoms with E-state index in [1.54, 1.807) is 0 Å². The second-order valence-corrected chi connectivity index (χ2v) is 5.59. The van der Waals surface area contributed by atoms with Gasteiger partial charge in [0.25, 0.3) is 0 Å². The van der Waals surface area contributed by atoms with E-state index in [0.717, 1.165) is 28.9 Å². The first-order chi connectivity index (χ1) is 11.4. The largest absolute Gasteiger partial charge is 0.298 e. The van der Waals surface area contributed by atoms with Gasteiger partial charge in [0.15, 0.2) is 12.1 Å². The van der Waals surface area contributed by atoms with Crippen molar-refractivity contribution in [3.05, 3.63) is 69.8 Å². The maximum absolute atomic E-state index is 14.0. The molecule has 0 fully saturated rings. The third-order valence-electron chi connectivity index (χ3n) is 3.26. The zero-order chi connectivity index (χ0) is 17.4. The summed E-state index contributed by atoms with van der Waals surface area (Å²) in [5.41, 5.74) is -0.186. The second kappa shape index (κ2) is 6.20. The number of benzene rings is 2. The lowest BCUT2D eigenvalue weighted by Gasteiger charge is -2.04. The predicted molar refractivity (Wildman–Crippen MR) is 81.9 cm³/mol. The van der Waals surface area contributed by atoms with Crippen LogP contribution in [0.4, 0.5) is 17.6 Å². The van der Waals surface area contributed by atoms with E-state index >= 15 is 0 Å². The molecule has 3 rings (SSSR count). The van der Waals surface area contributed by atoms with Gasteiger partial charge in [-0.1, -0.05) is 0 Å². The summed E-state index contributed by atoms with van der Waals surface area (Å²) in [7, 11) is 0. The highest BCUT2D eigenvalue weighted by molar-refractivity contribution is 9.10. The van der Waals surface area contributed by atoms with Gasteiger partial charge < -0.3 is 0 Å². The smallest absolute Gasteiger partial charge is 0.155 e. The van der Waals surface area contributed by atoms with Crippen molar-refractivity contribution in [2.75, 3.05) is 0 Å². The Bertz CT molecular complexity index is 935. The molecule has 3 nitrogen and oxygen atoms in total. The lowest BCUT2D eigenvalue weighted by Crippen LogP contribution is -2.01. The number of aromatic nitrogens is 2. The Labute approximate surface area is 141 Å². The minimum absolute atomic E-state index is 0.0107. The molecule has 3 aromatic rings. The number of carbonyl (C=O) groups is 1. The summed E-state index contributed by atoms with van der Waals surface area (Å²) in [6.45, 7) is 0. The molecular formula is C16H7BrF4N2O. The van der Waals surface area contributed by atoms with Gasteiger partial charge in [-0.3, -0.25) is 4.79 Å². The van der Waals surface area contributed by atoms with Crippen LogP contribution in [0, 0.1) is 23.3 Å². The molecule has 24 heavy (non-hydrogen) atoms. The average molecular weight is 399 g/mol. The minimum atomic E-state index is -0.910. The van der Waals surface area contributed by atoms with Gasteiger partial charge in [-0.2, -0.15) is 5.10 Å². The summed E-state index contributed by atoms with van der Waals surface area (Å²) in [5.74, 6) is -3.38. The molecule has 0 aliphatic carbocycles. The van der Waals surface area contributed by atoms with Crippen LogP contribution in [0.2, 0.25) is 0 Å². The lowest BCUT2D eigenvalue weighted by atomic mass is 10.1. The van der Waals surface area contributed by atoms with Gasteiger partial charge in [0.05, 0.1) is 5.56 Å². The molecule has 122 valence electrons. The Morgan fingerprint density at radius 3 is 2.21 bits per heavy atom. The molecule has 0 unspecified atom stereocenters. The Hall–Kier alpha value is -2.48. The SMILES string of the molecule is O=Cc1c(-c2cc(F)cc(F)c2)nn(-c2ccc(F)cc2F)c1Br. The van der Waals surface area contributed by atoms with Gasteiger partial charge in [-0.05, 0) is 40.2 Å². The van der Waals surface area contributed by atoms with Crippen LogP contribution < -0.4 is 0 Å². The van der Waals surface area contributed by atoms with E-state index in [1.165, 1.54) is 0 Å². The normalized spacial score (nSPS) is 10.9. The number of rotatable bonds is 3. The summed E-state index contributed by atoms with van der Waals surface area (Å²) in [4.78, 5) is 11.4. The molecule has 0 saturated carbocycles. The molecule has 0 spiro atoms. The van der Waals surface area contributed by atoms with Crippen LogP contribution in [0.3, 0.4) is 0 Å². The van der Waals surface area contributed by atoms with Crippen molar-refractivity contribution in [3.63, 3.8) is 0 Å². The van der Waals surface area contributed by atoms with Crippen LogP contribution in [0.25, 0.3) is 16.9 Å². The van der Waals surface area contributed by atoms with Gasteiger partial charge in [0, 0.05) is 17.7 Å². The number of hydrogen-bond acceptors (Lipinski definition) is 2. The molecule has 0 amide bonds. The van der Waals surface area contributed by atoms with Crippen molar-refractivity contribution in [1.82, 2.24) is 9.78 Å². The van der Waals surface area contributed by atoms with Crippen molar-refractivity contribution >= 4 is 22.2 Å². The fourth-order valence-corrected chi connectivity index (χ4v) is 2.78. The van der Waals surface area contributed by atoms with Gasteiger partial charge >= 0.3 is 0 Å². The quantitative estimate of drug-likeness (QED) is 0.474. The van der Waals surface area contributed by atoms with Gasteiger partial charge in [0.1, 0.15) is 33.4 Å². The van der Waals surface area contributed by atoms with Crippen LogP contribution in [-0.2, 0) is 0 Å². The first-order valence-electron chi connectivity index (χ1n) is 6.56. The van der Waals surface area contributed by atoms with Gasteiger partial charge in [0.2, 0.25) is 0 Å². The minimum Gasteiger partial charge on any atom is -0.298 e. The number of carbonyl (C=O) groups excluding carboxylic acids is 1. The molecule has 8 heteroatoms. The van der Waals surface area contributed by atoms with E-state index in [1.807, 2.05) is 0 Å². The molecule has 2 aromatic carbocycles. The van der Waals surface area contributed by atoms with E-state index in [9.17, 15) is 22.4 Å². The van der Waals surface area contributed by atoms with E-state index in [-0.39, 0.29) is 27.1 Å². The van der Waals surface area contributed by atoms with Crippen LogP contribution in [-0.4, -0.2) is 16.1 Å². The molecule has 0 aliphatic rings. The summed E-state index contributed by atoms with van der Waals surface area (Å²) in [5, 5.41) is 4.04. The molecule has 0 radical (unpaired) electrons. The molecular weight excluding hydrogens is 392 g/mol. The number of aldehydes is 1. The maximum atomic E-state index is 14.0. The Balaban J connectivity index is 2.24. The predicted octanol–water partition coefficient (Wildman–Crippen LogP) is 4.67. The highest BCUT2D eigenvalue weighted by Gasteiger charge is 2.21. The first kappa shape index (κ1) is 16.4. The van der Waals surface area contributed by atoms with Crippen molar-refractivity contribution in [2.45, 2.75) is 0 Å². The van der Waals surface area contributed by atoms with Crippen molar-refractivity contribution in [2.24, 2.45) is 0 Å². The average Bonchev–Trinajstić information content (AvgIpc) is 2.83. The molecule has 0 bridgehead atoms. The topological polar surface area (TPSA) is 34.9 Å². The van der Waals surface area contributed by atoms with Crippen LogP contribution >= 0.6 is 15.9 Å². The number of hydrogen-bond donors (Lipinski definition) is 0. The molecule has 1 aromatic heterocycles. The summed E-state index contributed by atoms with van der Waals surface area (Å²) in [6, 6.07) is 5.48. The molecule has 0 N–H and O–H groups in total. The van der Waals surface area contributed by atoms with Crippen molar-refractivity contribution in [3.8, 4) is 16.9 Å². The second-order valence-electron chi connectivity index (χ2n) is 4.84. The van der Waals surface area contributed by atoms with E-state index in [2.05, 4.69) is 21.0 Å². The number of halogens is 5. The fraction of sp³-hybridized carbons (Fsp3) is 0. The standard InChI is InChI=1S/C16H7BrF4N2O/c17-16-12(7-24)15(8-3-10(19)5-11(20)4-8)22-23(16)14-2-1-9(18)6-13(14)21/h1-7H. The third-order valence-corrected chi connectivity index (χ3v) is 4.02. The summed E-state index contributed by atoms with van der Waals surface area (Å²) >= 11 is 3.11. The molecule has 0 atom stereocenters. The first-order valence-corrected chi connectivity index (χ1v) is 7.35. The highest BCUT2D eigenvalue weighted by atomic mass is 79.9. The lowest BCUT2D eigenvalue weighted by molar-refractivity contribution is 0.112. The molecule has 0 saturated heterocycles. The Kier molecular flexibility index (Phi) is 4.23.